The molecule has 5 heterocycles. The number of nitrogens with zero attached hydrogens (tertiary/aromatic N) is 7. The predicted octanol–water partition coefficient (Wildman–Crippen LogP) is 4.82. The van der Waals surface area contributed by atoms with Crippen molar-refractivity contribution >= 4 is 45.7 Å². The predicted molar refractivity (Wildman–Crippen MR) is 140 cm³/mol. The van der Waals surface area contributed by atoms with Gasteiger partial charge < -0.3 is 15.6 Å². The second-order valence-electron chi connectivity index (χ2n) is 9.42. The van der Waals surface area contributed by atoms with Gasteiger partial charge in [0.05, 0.1) is 36.1 Å². The highest BCUT2D eigenvalue weighted by Crippen LogP contribution is 2.35. The minimum Gasteiger partial charge on any atom is -0.396 e. The number of nitrogens with one attached hydrogen (secondary N) is 1. The number of hydrogen-bond acceptors (Lipinski definition) is 9. The maximum Gasteiger partial charge on any atom is 0.458 e. The number of carbonyl (C=O) groups excluding carboxylic acids is 2. The largest absolute Gasteiger partial charge is 0.458 e. The summed E-state index contributed by atoms with van der Waals surface area (Å²) in [5.41, 5.74) is 8.12. The number of ketones is 2. The number of nitrogens with two attached hydrogens (primary N) is 1. The molecule has 0 spiro atoms. The fourth-order valence-corrected chi connectivity index (χ4v) is 4.69. The van der Waals surface area contributed by atoms with Crippen LogP contribution in [-0.2, 0) is 9.59 Å². The normalized spacial score (nSPS) is 15.9. The summed E-state index contributed by atoms with van der Waals surface area (Å²) in [7, 11) is 0. The zero-order valence-electron chi connectivity index (χ0n) is 22.0. The summed E-state index contributed by atoms with van der Waals surface area (Å²) in [4.78, 5) is 36.9. The van der Waals surface area contributed by atoms with Crippen molar-refractivity contribution < 1.29 is 40.3 Å². The Balaban J connectivity index is 0.000000314. The lowest BCUT2D eigenvalue weighted by atomic mass is 9.96. The maximum atomic E-state index is 14.4. The molecule has 3 N–H and O–H groups in total. The lowest BCUT2D eigenvalue weighted by Crippen LogP contribution is -2.39. The summed E-state index contributed by atoms with van der Waals surface area (Å²) in [5, 5.41) is 15.0. The van der Waals surface area contributed by atoms with E-state index < -0.39 is 29.7 Å². The van der Waals surface area contributed by atoms with Crippen LogP contribution in [0.1, 0.15) is 18.9 Å². The Kier molecular flexibility index (Phi) is 9.09. The van der Waals surface area contributed by atoms with Gasteiger partial charge in [-0.15, -0.1) is 0 Å². The number of H-pyrrole nitrogens is 1. The molecular weight excluding hydrogens is 627 g/mol. The van der Waals surface area contributed by atoms with Crippen molar-refractivity contribution in [2.24, 2.45) is 5.92 Å². The van der Waals surface area contributed by atoms with Crippen LogP contribution in [0.15, 0.2) is 37.1 Å². The van der Waals surface area contributed by atoms with Gasteiger partial charge in [0.25, 0.3) is 0 Å². The van der Waals surface area contributed by atoms with E-state index in [-0.39, 0.29) is 35.0 Å². The quantitative estimate of drug-likeness (QED) is 0.170. The smallest absolute Gasteiger partial charge is 0.396 e. The van der Waals surface area contributed by atoms with Crippen LogP contribution in [0.5, 0.6) is 0 Å². The number of fused-ring (bicyclic) bond motifs is 1. The van der Waals surface area contributed by atoms with Gasteiger partial charge in [0.15, 0.2) is 16.8 Å². The van der Waals surface area contributed by atoms with Crippen LogP contribution in [-0.4, -0.2) is 66.7 Å². The molecule has 0 aliphatic carbocycles. The maximum absolute atomic E-state index is 14.4. The summed E-state index contributed by atoms with van der Waals surface area (Å²) >= 11 is 6.00. The minimum absolute atomic E-state index is 0.0797. The first-order valence-electron chi connectivity index (χ1n) is 12.4. The first-order chi connectivity index (χ1) is 20.6. The van der Waals surface area contributed by atoms with Gasteiger partial charge in [-0.3, -0.25) is 14.3 Å². The topological polar surface area (TPSA) is 159 Å². The van der Waals surface area contributed by atoms with Crippen LogP contribution < -0.4 is 10.6 Å². The number of aromatic amines is 1. The van der Waals surface area contributed by atoms with E-state index in [9.17, 15) is 45.6 Å². The van der Waals surface area contributed by atoms with Crippen molar-refractivity contribution in [3.63, 3.8) is 0 Å². The summed E-state index contributed by atoms with van der Waals surface area (Å²) < 4.78 is 83.2. The first kappa shape index (κ1) is 32.1. The number of halogens is 8. The lowest BCUT2D eigenvalue weighted by Gasteiger charge is -2.23. The molecule has 0 radical (unpaired) electrons. The number of carbonyl (C=O) groups is 2. The number of hydrogen-bond donors (Lipinski definition) is 2. The number of nitrogen functional groups attached to an aromatic ring is 1. The molecule has 0 amide bonds. The van der Waals surface area contributed by atoms with Gasteiger partial charge in [0.2, 0.25) is 0 Å². The number of Topliss-reactive ketones (excluding diaryl/α,β-unsaturated/α-hetero) is 2. The highest BCUT2D eigenvalue weighted by Gasteiger charge is 2.54. The molecule has 0 saturated carbocycles. The fourth-order valence-electron chi connectivity index (χ4n) is 4.56. The van der Waals surface area contributed by atoms with Crippen LogP contribution in [0.25, 0.3) is 22.3 Å². The van der Waals surface area contributed by atoms with Gasteiger partial charge in [-0.25, -0.2) is 19.3 Å². The molecule has 1 fully saturated rings. The van der Waals surface area contributed by atoms with Gasteiger partial charge in [0, 0.05) is 48.4 Å². The van der Waals surface area contributed by atoms with Gasteiger partial charge >= 0.3 is 23.9 Å². The molecule has 1 aliphatic rings. The molecule has 1 saturated heterocycles. The molecule has 1 aliphatic heterocycles. The summed E-state index contributed by atoms with van der Waals surface area (Å²) in [6.45, 7) is 1.13. The summed E-state index contributed by atoms with van der Waals surface area (Å²) in [6, 6.07) is 5.20. The Morgan fingerprint density at radius 3 is 2.50 bits per heavy atom. The number of anilines is 2. The fraction of sp³-hybridized carbons (Fsp3) is 0.320. The highest BCUT2D eigenvalue weighted by atomic mass is 35.5. The summed E-state index contributed by atoms with van der Waals surface area (Å²) in [6.07, 6.45) is -3.53. The number of pyridine rings is 1. The number of alkyl halides is 6. The van der Waals surface area contributed by atoms with E-state index >= 15 is 0 Å². The number of aromatic nitrogens is 6. The highest BCUT2D eigenvalue weighted by molar-refractivity contribution is 6.41. The molecule has 19 heteroatoms. The average molecular weight is 646 g/mol. The molecule has 4 aromatic rings. The molecule has 11 nitrogen and oxygen atoms in total. The molecule has 4 aromatic heterocycles. The third kappa shape index (κ3) is 6.88. The molecule has 0 aromatic carbocycles. The Morgan fingerprint density at radius 1 is 1.18 bits per heavy atom. The van der Waals surface area contributed by atoms with Gasteiger partial charge in [-0.1, -0.05) is 11.6 Å². The van der Waals surface area contributed by atoms with Crippen molar-refractivity contribution in [3.05, 3.63) is 48.0 Å². The second-order valence-corrected chi connectivity index (χ2v) is 9.78. The molecule has 0 bridgehead atoms. The molecule has 2 atom stereocenters. The van der Waals surface area contributed by atoms with Crippen molar-refractivity contribution in [2.75, 3.05) is 23.7 Å². The van der Waals surface area contributed by atoms with E-state index in [4.69, 9.17) is 17.3 Å². The van der Waals surface area contributed by atoms with E-state index in [2.05, 4.69) is 31.1 Å². The Hall–Kier alpha value is -4.79. The van der Waals surface area contributed by atoms with Crippen LogP contribution in [0.2, 0.25) is 5.15 Å². The van der Waals surface area contributed by atoms with Crippen molar-refractivity contribution in [1.29, 1.82) is 5.26 Å². The zero-order valence-corrected chi connectivity index (χ0v) is 22.8. The van der Waals surface area contributed by atoms with Crippen molar-refractivity contribution in [1.82, 2.24) is 29.7 Å². The zero-order chi connectivity index (χ0) is 32.4. The van der Waals surface area contributed by atoms with Crippen LogP contribution in [0.4, 0.5) is 42.2 Å². The van der Waals surface area contributed by atoms with E-state index in [1.165, 1.54) is 12.4 Å². The lowest BCUT2D eigenvalue weighted by molar-refractivity contribution is -0.193. The SMILES string of the molecule is N#CC[C@@H]([C@H]1CCN(c2nc(Cl)c(N)cc2F)C1)n1cc(-c2ncnc3[nH]ccc23)cn1.O=C(C(=O)C(F)(F)F)C(F)(F)F. The molecule has 44 heavy (non-hydrogen) atoms. The first-order valence-corrected chi connectivity index (χ1v) is 12.8. The Labute approximate surface area is 247 Å². The number of nitriles is 1. The Morgan fingerprint density at radius 2 is 1.86 bits per heavy atom. The van der Waals surface area contributed by atoms with Crippen molar-refractivity contribution in [2.45, 2.75) is 31.2 Å². The third-order valence-electron chi connectivity index (χ3n) is 6.60. The number of rotatable bonds is 6. The van der Waals surface area contributed by atoms with E-state index in [1.54, 1.807) is 6.20 Å². The summed E-state index contributed by atoms with van der Waals surface area (Å²) in [5.74, 6) is -7.06. The van der Waals surface area contributed by atoms with Crippen LogP contribution in [0.3, 0.4) is 0 Å². The third-order valence-corrected chi connectivity index (χ3v) is 6.90. The van der Waals surface area contributed by atoms with Crippen LogP contribution in [0, 0.1) is 23.1 Å². The van der Waals surface area contributed by atoms with Gasteiger partial charge in [-0.05, 0) is 12.5 Å². The molecule has 232 valence electrons. The minimum atomic E-state index is -5.77. The van der Waals surface area contributed by atoms with Gasteiger partial charge in [0.1, 0.15) is 12.0 Å². The van der Waals surface area contributed by atoms with E-state index in [1.807, 2.05) is 28.0 Å². The molecule has 0 unspecified atom stereocenters. The van der Waals surface area contributed by atoms with Crippen LogP contribution >= 0.6 is 11.6 Å². The molecule has 5 rings (SSSR count). The Bertz CT molecular complexity index is 1710. The van der Waals surface area contributed by atoms with E-state index in [0.29, 0.717) is 13.1 Å². The molecular formula is C25H19ClF7N9O2. The van der Waals surface area contributed by atoms with Crippen molar-refractivity contribution in [3.8, 4) is 17.3 Å². The van der Waals surface area contributed by atoms with E-state index in [0.717, 1.165) is 28.7 Å². The second kappa shape index (κ2) is 12.4. The monoisotopic (exact) mass is 645 g/mol. The standard InChI is InChI=1S/C21H19ClFN9.C4F6O2/c22-19-16(25)7-15(23)21(30-19)31-6-3-12(9-31)17(1-4-24)32-10-13(8-29-32)18-14-2-5-26-20(14)28-11-27-18;5-3(6,7)1(11)2(12)4(8,9)10/h2,5,7-8,10-12,17H,1,3,6,9,25H2,(H,26,27,28);/t12-,17-;/m0./s1. The van der Waals surface area contributed by atoms with Gasteiger partial charge in [-0.2, -0.15) is 36.7 Å². The average Bonchev–Trinajstić information content (AvgIpc) is 3.73.